The highest BCUT2D eigenvalue weighted by Crippen LogP contribution is 2.28. The van der Waals surface area contributed by atoms with Crippen molar-refractivity contribution >= 4 is 53.9 Å². The standard InChI is InChI=1S/C12H16Cl3N3OSi/c1-20(2,3)5-4-19-7-18-9(13)6-8-10(14)16-12(15)17-11(8)18/h6H,4-5,7H2,1-3H3. The van der Waals surface area contributed by atoms with E-state index in [0.29, 0.717) is 34.7 Å². The van der Waals surface area contributed by atoms with Crippen molar-refractivity contribution in [3.63, 3.8) is 0 Å². The Balaban J connectivity index is 2.16. The van der Waals surface area contributed by atoms with E-state index in [0.717, 1.165) is 6.04 Å². The highest BCUT2D eigenvalue weighted by molar-refractivity contribution is 6.76. The van der Waals surface area contributed by atoms with Gasteiger partial charge in [-0.15, -0.1) is 0 Å². The van der Waals surface area contributed by atoms with Crippen LogP contribution in [0.25, 0.3) is 11.0 Å². The molecule has 0 radical (unpaired) electrons. The van der Waals surface area contributed by atoms with Crippen LogP contribution in [0.1, 0.15) is 0 Å². The van der Waals surface area contributed by atoms with Gasteiger partial charge in [0, 0.05) is 14.7 Å². The minimum atomic E-state index is -1.10. The van der Waals surface area contributed by atoms with Gasteiger partial charge in [-0.1, -0.05) is 42.8 Å². The first-order valence-electron chi connectivity index (χ1n) is 6.23. The molecule has 2 aromatic rings. The number of aromatic nitrogens is 3. The second-order valence-electron chi connectivity index (χ2n) is 5.76. The van der Waals surface area contributed by atoms with Crippen molar-refractivity contribution in [2.45, 2.75) is 32.4 Å². The number of halogens is 3. The molecule has 0 atom stereocenters. The molecule has 0 spiro atoms. The van der Waals surface area contributed by atoms with Gasteiger partial charge in [0.1, 0.15) is 22.7 Å². The van der Waals surface area contributed by atoms with Crippen LogP contribution in [-0.2, 0) is 11.5 Å². The lowest BCUT2D eigenvalue weighted by atomic mass is 10.4. The number of fused-ring (bicyclic) bond motifs is 1. The normalized spacial score (nSPS) is 12.3. The Morgan fingerprint density at radius 3 is 2.55 bits per heavy atom. The molecule has 0 saturated carbocycles. The van der Waals surface area contributed by atoms with Gasteiger partial charge < -0.3 is 4.74 Å². The van der Waals surface area contributed by atoms with Gasteiger partial charge in [-0.05, 0) is 23.7 Å². The Labute approximate surface area is 134 Å². The molecule has 8 heteroatoms. The first kappa shape index (κ1) is 16.0. The molecule has 0 aliphatic carbocycles. The summed E-state index contributed by atoms with van der Waals surface area (Å²) in [7, 11) is -1.10. The summed E-state index contributed by atoms with van der Waals surface area (Å²) < 4.78 is 7.43. The monoisotopic (exact) mass is 351 g/mol. The van der Waals surface area contributed by atoms with Gasteiger partial charge >= 0.3 is 0 Å². The summed E-state index contributed by atoms with van der Waals surface area (Å²) in [6.07, 6.45) is 0. The maximum atomic E-state index is 6.18. The average Bonchev–Trinajstić information content (AvgIpc) is 2.61. The molecule has 2 aromatic heterocycles. The third-order valence-corrected chi connectivity index (χ3v) is 5.32. The molecule has 110 valence electrons. The summed E-state index contributed by atoms with van der Waals surface area (Å²) in [5.41, 5.74) is 0.591. The fraction of sp³-hybridized carbons (Fsp3) is 0.500. The molecule has 0 unspecified atom stereocenters. The van der Waals surface area contributed by atoms with Crippen LogP contribution in [0.5, 0.6) is 0 Å². The van der Waals surface area contributed by atoms with Crippen LogP contribution < -0.4 is 0 Å². The molecule has 0 aliphatic heterocycles. The zero-order valence-electron chi connectivity index (χ0n) is 11.6. The lowest BCUT2D eigenvalue weighted by molar-refractivity contribution is 0.0900. The summed E-state index contributed by atoms with van der Waals surface area (Å²) in [5, 5.41) is 1.57. The third kappa shape index (κ3) is 3.86. The van der Waals surface area contributed by atoms with Crippen molar-refractivity contribution in [2.24, 2.45) is 0 Å². The number of hydrogen-bond donors (Lipinski definition) is 0. The van der Waals surface area contributed by atoms with Crippen molar-refractivity contribution in [1.29, 1.82) is 0 Å². The third-order valence-electron chi connectivity index (χ3n) is 2.85. The van der Waals surface area contributed by atoms with Crippen LogP contribution in [0.3, 0.4) is 0 Å². The molecule has 20 heavy (non-hydrogen) atoms. The second kappa shape index (κ2) is 6.20. The highest BCUT2D eigenvalue weighted by atomic mass is 35.5. The van der Waals surface area contributed by atoms with E-state index in [2.05, 4.69) is 29.6 Å². The first-order chi connectivity index (χ1) is 9.28. The van der Waals surface area contributed by atoms with Crippen LogP contribution in [0.4, 0.5) is 0 Å². The molecule has 4 nitrogen and oxygen atoms in total. The highest BCUT2D eigenvalue weighted by Gasteiger charge is 2.15. The lowest BCUT2D eigenvalue weighted by Crippen LogP contribution is -2.22. The molecule has 0 amide bonds. The van der Waals surface area contributed by atoms with E-state index in [1.807, 2.05) is 0 Å². The summed E-state index contributed by atoms with van der Waals surface area (Å²) in [6, 6.07) is 2.82. The van der Waals surface area contributed by atoms with E-state index in [4.69, 9.17) is 39.5 Å². The van der Waals surface area contributed by atoms with Gasteiger partial charge in [0.2, 0.25) is 5.28 Å². The van der Waals surface area contributed by atoms with Crippen LogP contribution in [0.2, 0.25) is 41.3 Å². The van der Waals surface area contributed by atoms with Gasteiger partial charge in [0.05, 0.1) is 5.39 Å². The molecule has 2 heterocycles. The zero-order valence-corrected chi connectivity index (χ0v) is 14.9. The molecule has 0 saturated heterocycles. The molecule has 0 N–H and O–H groups in total. The van der Waals surface area contributed by atoms with Crippen LogP contribution in [-0.4, -0.2) is 29.2 Å². The van der Waals surface area contributed by atoms with E-state index in [9.17, 15) is 0 Å². The maximum Gasteiger partial charge on any atom is 0.225 e. The van der Waals surface area contributed by atoms with Crippen molar-refractivity contribution in [2.75, 3.05) is 6.61 Å². The SMILES string of the molecule is C[Si](C)(C)CCOCn1c(Cl)cc2c(Cl)nc(Cl)nc21. The molecular formula is C12H16Cl3N3OSi. The fourth-order valence-corrected chi connectivity index (χ4v) is 3.11. The Bertz CT molecular complexity index is 624. The zero-order chi connectivity index (χ0) is 14.9. The molecule has 0 aromatic carbocycles. The Morgan fingerprint density at radius 1 is 1.20 bits per heavy atom. The Morgan fingerprint density at radius 2 is 1.90 bits per heavy atom. The van der Waals surface area contributed by atoms with Gasteiger partial charge in [-0.25, -0.2) is 4.98 Å². The second-order valence-corrected chi connectivity index (χ2v) is 12.5. The minimum Gasteiger partial charge on any atom is -0.361 e. The summed E-state index contributed by atoms with van der Waals surface area (Å²) in [4.78, 5) is 8.06. The fourth-order valence-electron chi connectivity index (χ4n) is 1.69. The topological polar surface area (TPSA) is 39.9 Å². The van der Waals surface area contributed by atoms with Crippen LogP contribution in [0.15, 0.2) is 6.07 Å². The predicted molar refractivity (Wildman–Crippen MR) is 86.7 cm³/mol. The van der Waals surface area contributed by atoms with E-state index in [-0.39, 0.29) is 5.28 Å². The van der Waals surface area contributed by atoms with Crippen LogP contribution >= 0.6 is 34.8 Å². The van der Waals surface area contributed by atoms with Crippen molar-refractivity contribution in [3.05, 3.63) is 21.7 Å². The van der Waals surface area contributed by atoms with E-state index in [1.165, 1.54) is 0 Å². The number of nitrogens with zero attached hydrogens (tertiary/aromatic N) is 3. The van der Waals surface area contributed by atoms with Gasteiger partial charge in [0.25, 0.3) is 0 Å². The van der Waals surface area contributed by atoms with E-state index >= 15 is 0 Å². The molecule has 2 rings (SSSR count). The van der Waals surface area contributed by atoms with E-state index in [1.54, 1.807) is 10.6 Å². The average molecular weight is 353 g/mol. The number of hydrogen-bond acceptors (Lipinski definition) is 3. The first-order valence-corrected chi connectivity index (χ1v) is 11.1. The van der Waals surface area contributed by atoms with Gasteiger partial charge in [-0.2, -0.15) is 4.98 Å². The van der Waals surface area contributed by atoms with Crippen LogP contribution in [0, 0.1) is 0 Å². The quantitative estimate of drug-likeness (QED) is 0.339. The van der Waals surface area contributed by atoms with Crippen molar-refractivity contribution < 1.29 is 4.74 Å². The summed E-state index contributed by atoms with van der Waals surface area (Å²) in [5.74, 6) is 0. The van der Waals surface area contributed by atoms with Gasteiger partial charge in [0.15, 0.2) is 0 Å². The van der Waals surface area contributed by atoms with Crippen molar-refractivity contribution in [3.8, 4) is 0 Å². The van der Waals surface area contributed by atoms with E-state index < -0.39 is 8.07 Å². The minimum absolute atomic E-state index is 0.0978. The maximum absolute atomic E-state index is 6.18. The van der Waals surface area contributed by atoms with Gasteiger partial charge in [-0.3, -0.25) is 4.57 Å². The molecule has 0 aliphatic rings. The molecular weight excluding hydrogens is 337 g/mol. The Hall–Kier alpha value is -0.333. The lowest BCUT2D eigenvalue weighted by Gasteiger charge is -2.16. The smallest absolute Gasteiger partial charge is 0.225 e. The predicted octanol–water partition coefficient (Wildman–Crippen LogP) is 4.70. The largest absolute Gasteiger partial charge is 0.361 e. The number of ether oxygens (including phenoxy) is 1. The van der Waals surface area contributed by atoms with Crippen molar-refractivity contribution in [1.82, 2.24) is 14.5 Å². The summed E-state index contributed by atoms with van der Waals surface area (Å²) >= 11 is 18.0. The Kier molecular flexibility index (Phi) is 4.97. The molecule has 0 bridgehead atoms. The summed E-state index contributed by atoms with van der Waals surface area (Å²) in [6.45, 7) is 7.96. The molecule has 0 fully saturated rings. The number of rotatable bonds is 5.